The summed E-state index contributed by atoms with van der Waals surface area (Å²) in [4.78, 5) is 37.2. The maximum atomic E-state index is 12.8. The lowest BCUT2D eigenvalue weighted by Gasteiger charge is -2.10. The topological polar surface area (TPSA) is 138 Å². The van der Waals surface area contributed by atoms with Gasteiger partial charge < -0.3 is 14.5 Å². The van der Waals surface area contributed by atoms with Crippen LogP contribution in [0.3, 0.4) is 0 Å². The van der Waals surface area contributed by atoms with Crippen LogP contribution in [0.5, 0.6) is 0 Å². The van der Waals surface area contributed by atoms with Gasteiger partial charge >= 0.3 is 11.6 Å². The summed E-state index contributed by atoms with van der Waals surface area (Å²) in [6, 6.07) is 17.5. The summed E-state index contributed by atoms with van der Waals surface area (Å²) in [7, 11) is -3.14. The Bertz CT molecular complexity index is 1710. The predicted octanol–water partition coefficient (Wildman–Crippen LogP) is 2.51. The molecule has 10 nitrogen and oxygen atoms in total. The summed E-state index contributed by atoms with van der Waals surface area (Å²) in [5, 5.41) is 7.85. The number of hydrogen-bond acceptors (Lipinski definition) is 8. The summed E-state index contributed by atoms with van der Waals surface area (Å²) in [6.45, 7) is -0.551. The van der Waals surface area contributed by atoms with Crippen molar-refractivity contribution >= 4 is 38.8 Å². The number of aromatic nitrogens is 2. The highest BCUT2D eigenvalue weighted by Gasteiger charge is 2.29. The van der Waals surface area contributed by atoms with Gasteiger partial charge in [-0.1, -0.05) is 36.4 Å². The van der Waals surface area contributed by atoms with Gasteiger partial charge in [0.15, 0.2) is 16.4 Å². The number of hydrogen-bond donors (Lipinski definition) is 1. The molecule has 2 aromatic heterocycles. The standard InChI is InChI=1S/C27H23N3O7S/c31-24(28-20-12-13-38(34,35)17-20)16-36-25(32)11-10-19-15-30(21-7-2-1-3-8-21)29-26(19)22-14-18-6-4-5-9-23(18)37-27(22)33/h1-11,14-15,20H,12-13,16-17H2,(H,28,31). The van der Waals surface area contributed by atoms with Crippen molar-refractivity contribution in [2.75, 3.05) is 18.1 Å². The molecule has 0 saturated carbocycles. The van der Waals surface area contributed by atoms with Crippen LogP contribution in [0.15, 0.2) is 82.1 Å². The lowest BCUT2D eigenvalue weighted by molar-refractivity contribution is -0.143. The summed E-state index contributed by atoms with van der Waals surface area (Å²) in [5.41, 5.74) is 1.58. The molecular weight excluding hydrogens is 510 g/mol. The Morgan fingerprint density at radius 2 is 1.89 bits per heavy atom. The van der Waals surface area contributed by atoms with Gasteiger partial charge in [-0.15, -0.1) is 0 Å². The zero-order chi connectivity index (χ0) is 26.7. The van der Waals surface area contributed by atoms with Crippen LogP contribution in [-0.2, 0) is 24.2 Å². The number of rotatable bonds is 7. The van der Waals surface area contributed by atoms with Crippen LogP contribution >= 0.6 is 0 Å². The number of fused-ring (bicyclic) bond motifs is 1. The second-order valence-corrected chi connectivity index (χ2v) is 11.0. The third kappa shape index (κ3) is 5.73. The van der Waals surface area contributed by atoms with Crippen molar-refractivity contribution < 1.29 is 27.2 Å². The van der Waals surface area contributed by atoms with E-state index in [0.717, 1.165) is 11.8 Å². The Morgan fingerprint density at radius 3 is 2.66 bits per heavy atom. The van der Waals surface area contributed by atoms with Gasteiger partial charge in [0.05, 0.1) is 22.8 Å². The highest BCUT2D eigenvalue weighted by atomic mass is 32.2. The Labute approximate surface area is 217 Å². The summed E-state index contributed by atoms with van der Waals surface area (Å²) < 4.78 is 35.1. The molecule has 1 N–H and O–H groups in total. The lowest BCUT2D eigenvalue weighted by atomic mass is 10.1. The fraction of sp³-hybridized carbons (Fsp3) is 0.185. The van der Waals surface area contributed by atoms with Crippen molar-refractivity contribution in [3.05, 3.63) is 88.9 Å². The molecule has 1 unspecified atom stereocenters. The average molecular weight is 534 g/mol. The number of carbonyl (C=O) groups excluding carboxylic acids is 2. The molecule has 1 amide bonds. The minimum atomic E-state index is -3.14. The van der Waals surface area contributed by atoms with Gasteiger partial charge in [0.1, 0.15) is 11.3 Å². The van der Waals surface area contributed by atoms with E-state index in [1.165, 1.54) is 6.08 Å². The van der Waals surface area contributed by atoms with Crippen LogP contribution in [0, 0.1) is 0 Å². The van der Waals surface area contributed by atoms with Crippen molar-refractivity contribution in [3.63, 3.8) is 0 Å². The van der Waals surface area contributed by atoms with Crippen molar-refractivity contribution in [2.24, 2.45) is 0 Å². The van der Waals surface area contributed by atoms with Gasteiger partial charge in [0, 0.05) is 29.3 Å². The minimum absolute atomic E-state index is 0.0228. The first-order valence-electron chi connectivity index (χ1n) is 11.8. The van der Waals surface area contributed by atoms with Gasteiger partial charge in [-0.25, -0.2) is 22.7 Å². The Kier molecular flexibility index (Phi) is 6.93. The number of nitrogens with one attached hydrogen (secondary N) is 1. The van der Waals surface area contributed by atoms with Gasteiger partial charge in [-0.3, -0.25) is 4.79 Å². The van der Waals surface area contributed by atoms with E-state index in [2.05, 4.69) is 10.4 Å². The van der Waals surface area contributed by atoms with Crippen LogP contribution in [0.25, 0.3) is 34.0 Å². The van der Waals surface area contributed by atoms with Gasteiger partial charge in [0.25, 0.3) is 5.91 Å². The van der Waals surface area contributed by atoms with Crippen molar-refractivity contribution in [1.82, 2.24) is 15.1 Å². The largest absolute Gasteiger partial charge is 0.452 e. The normalized spacial score (nSPS) is 16.6. The fourth-order valence-electron chi connectivity index (χ4n) is 4.18. The quantitative estimate of drug-likeness (QED) is 0.217. The molecule has 3 heterocycles. The van der Waals surface area contributed by atoms with E-state index >= 15 is 0 Å². The maximum absolute atomic E-state index is 12.8. The van der Waals surface area contributed by atoms with Gasteiger partial charge in [-0.05, 0) is 36.8 Å². The van der Waals surface area contributed by atoms with E-state index in [1.807, 2.05) is 42.5 Å². The molecule has 0 aliphatic carbocycles. The highest BCUT2D eigenvalue weighted by molar-refractivity contribution is 7.91. The van der Waals surface area contributed by atoms with Crippen LogP contribution in [0.1, 0.15) is 12.0 Å². The van der Waals surface area contributed by atoms with E-state index in [-0.39, 0.29) is 17.1 Å². The summed E-state index contributed by atoms with van der Waals surface area (Å²) in [6.07, 6.45) is 4.57. The van der Waals surface area contributed by atoms with Crippen molar-refractivity contribution in [3.8, 4) is 16.9 Å². The zero-order valence-corrected chi connectivity index (χ0v) is 20.9. The molecule has 5 rings (SSSR count). The second kappa shape index (κ2) is 10.5. The average Bonchev–Trinajstić information content (AvgIpc) is 3.48. The van der Waals surface area contributed by atoms with Gasteiger partial charge in [-0.2, -0.15) is 5.10 Å². The van der Waals surface area contributed by atoms with E-state index in [1.54, 1.807) is 29.1 Å². The van der Waals surface area contributed by atoms with Crippen LogP contribution in [0.2, 0.25) is 0 Å². The number of amides is 1. The maximum Gasteiger partial charge on any atom is 0.345 e. The molecule has 194 valence electrons. The first kappa shape index (κ1) is 25.2. The van der Waals surface area contributed by atoms with Crippen molar-refractivity contribution in [2.45, 2.75) is 12.5 Å². The Morgan fingerprint density at radius 1 is 1.13 bits per heavy atom. The molecule has 38 heavy (non-hydrogen) atoms. The monoisotopic (exact) mass is 533 g/mol. The van der Waals surface area contributed by atoms with E-state index in [0.29, 0.717) is 28.6 Å². The van der Waals surface area contributed by atoms with E-state index in [9.17, 15) is 22.8 Å². The highest BCUT2D eigenvalue weighted by Crippen LogP contribution is 2.25. The number of carbonyl (C=O) groups is 2. The molecule has 1 atom stereocenters. The number of ether oxygens (including phenoxy) is 1. The number of esters is 1. The molecule has 1 saturated heterocycles. The lowest BCUT2D eigenvalue weighted by Crippen LogP contribution is -2.38. The Balaban J connectivity index is 1.36. The molecule has 1 fully saturated rings. The molecule has 1 aliphatic heterocycles. The smallest absolute Gasteiger partial charge is 0.345 e. The molecule has 0 bridgehead atoms. The zero-order valence-electron chi connectivity index (χ0n) is 20.1. The first-order valence-corrected chi connectivity index (χ1v) is 13.6. The molecule has 0 radical (unpaired) electrons. The van der Waals surface area contributed by atoms with Gasteiger partial charge in [0.2, 0.25) is 0 Å². The SMILES string of the molecule is O=C(COC(=O)C=Cc1cn(-c2ccccc2)nc1-c1cc2ccccc2oc1=O)NC1CCS(=O)(=O)C1. The number of nitrogens with zero attached hydrogens (tertiary/aromatic N) is 2. The van der Waals surface area contributed by atoms with Crippen LogP contribution < -0.4 is 10.9 Å². The third-order valence-electron chi connectivity index (χ3n) is 6.00. The van der Waals surface area contributed by atoms with Crippen molar-refractivity contribution in [1.29, 1.82) is 0 Å². The summed E-state index contributed by atoms with van der Waals surface area (Å²) >= 11 is 0. The number of para-hydroxylation sites is 2. The van der Waals surface area contributed by atoms with E-state index in [4.69, 9.17) is 9.15 Å². The second-order valence-electron chi connectivity index (χ2n) is 8.81. The third-order valence-corrected chi connectivity index (χ3v) is 7.77. The minimum Gasteiger partial charge on any atom is -0.452 e. The molecule has 2 aromatic carbocycles. The first-order chi connectivity index (χ1) is 18.3. The molecule has 0 spiro atoms. The molecule has 4 aromatic rings. The molecule has 1 aliphatic rings. The summed E-state index contributed by atoms with van der Waals surface area (Å²) in [5.74, 6) is -1.47. The van der Waals surface area contributed by atoms with E-state index < -0.39 is 40.0 Å². The van der Waals surface area contributed by atoms with Crippen LogP contribution in [-0.4, -0.2) is 54.2 Å². The predicted molar refractivity (Wildman–Crippen MR) is 140 cm³/mol. The number of benzene rings is 2. The fourth-order valence-corrected chi connectivity index (χ4v) is 5.85. The molecular formula is C27H23N3O7S. The van der Waals surface area contributed by atoms with Crippen LogP contribution in [0.4, 0.5) is 0 Å². The number of sulfone groups is 1. The molecule has 11 heteroatoms. The Hall–Kier alpha value is -4.51.